The van der Waals surface area contributed by atoms with Crippen LogP contribution in [0.15, 0.2) is 72.8 Å². The minimum absolute atomic E-state index is 0.00416. The van der Waals surface area contributed by atoms with E-state index in [1.165, 1.54) is 108 Å². The molecule has 0 aromatic heterocycles. The first kappa shape index (κ1) is 69.6. The maximum Gasteiger partial charge on any atom is 0.305 e. The van der Waals surface area contributed by atoms with Crippen LogP contribution in [-0.4, -0.2) is 149 Å². The Morgan fingerprint density at radius 1 is 0.420 bits per heavy atom. The van der Waals surface area contributed by atoms with E-state index in [1.54, 1.807) is 0 Å². The van der Waals surface area contributed by atoms with Gasteiger partial charge in [0, 0.05) is 55.9 Å². The molecule has 0 spiro atoms. The number of amides is 8. The lowest BCUT2D eigenvalue weighted by molar-refractivity contribution is -0.137. The zero-order valence-corrected chi connectivity index (χ0v) is 49.3. The first-order valence-electron chi connectivity index (χ1n) is 27.6. The molecule has 3 atom stereocenters. The third kappa shape index (κ3) is 22.9. The zero-order chi connectivity index (χ0) is 64.9. The molecule has 474 valence electrons. The highest BCUT2D eigenvalue weighted by Crippen LogP contribution is 2.28. The van der Waals surface area contributed by atoms with Crippen molar-refractivity contribution in [2.24, 2.45) is 17.2 Å². The van der Waals surface area contributed by atoms with Crippen LogP contribution in [0.3, 0.4) is 0 Å². The molecule has 8 amide bonds. The molecule has 4 rings (SSSR count). The van der Waals surface area contributed by atoms with E-state index in [0.29, 0.717) is 31.4 Å². The average molecular weight is 1220 g/mol. The summed E-state index contributed by atoms with van der Waals surface area (Å²) in [5, 5.41) is 61.0. The number of anilines is 4. The monoisotopic (exact) mass is 1220 g/mol. The maximum absolute atomic E-state index is 14.4. The van der Waals surface area contributed by atoms with Gasteiger partial charge in [-0.25, -0.2) is 0 Å². The number of ether oxygens (including phenoxy) is 4. The lowest BCUT2D eigenvalue weighted by atomic mass is 10.1. The number of carbonyl (C=O) groups excluding carboxylic acids is 8. The summed E-state index contributed by atoms with van der Waals surface area (Å²) < 4.78 is 21.8. The lowest BCUT2D eigenvalue weighted by Gasteiger charge is -2.22. The van der Waals surface area contributed by atoms with E-state index in [0.717, 1.165) is 0 Å². The quantitative estimate of drug-likeness (QED) is 0.0177. The molecule has 0 heterocycles. The molecule has 0 unspecified atom stereocenters. The van der Waals surface area contributed by atoms with E-state index < -0.39 is 65.4 Å². The Kier molecular flexibility index (Phi) is 28.0. The molecule has 0 saturated heterocycles. The van der Waals surface area contributed by atoms with E-state index >= 15 is 0 Å². The van der Waals surface area contributed by atoms with Crippen LogP contribution in [-0.2, 0) is 24.0 Å². The number of carboxylic acid groups (broad SMARTS) is 1. The van der Waals surface area contributed by atoms with Crippen LogP contribution in [0.2, 0.25) is 0 Å². The minimum Gasteiger partial charge on any atom is -0.496 e. The van der Waals surface area contributed by atoms with Crippen molar-refractivity contribution in [1.82, 2.24) is 37.2 Å². The molecular formula is C57H77N17O14. The average Bonchev–Trinajstić information content (AvgIpc) is 3.16. The van der Waals surface area contributed by atoms with Gasteiger partial charge in [0.1, 0.15) is 41.1 Å². The smallest absolute Gasteiger partial charge is 0.305 e. The molecule has 0 saturated carbocycles. The Bertz CT molecular complexity index is 3200. The van der Waals surface area contributed by atoms with Crippen molar-refractivity contribution in [3.63, 3.8) is 0 Å². The highest BCUT2D eigenvalue weighted by atomic mass is 16.5. The van der Waals surface area contributed by atoms with E-state index in [2.05, 4.69) is 58.5 Å². The molecule has 88 heavy (non-hydrogen) atoms. The largest absolute Gasteiger partial charge is 0.496 e. The number of hydrogen-bond donors (Lipinski definition) is 18. The third-order valence-electron chi connectivity index (χ3n) is 12.8. The topological polar surface area (TPSA) is 493 Å². The summed E-state index contributed by atoms with van der Waals surface area (Å²) in [5.74, 6) is -7.15. The fourth-order valence-corrected chi connectivity index (χ4v) is 8.56. The predicted molar refractivity (Wildman–Crippen MR) is 327 cm³/mol. The summed E-state index contributed by atoms with van der Waals surface area (Å²) in [6.45, 7) is 1.84. The second-order valence-electron chi connectivity index (χ2n) is 19.4. The Morgan fingerprint density at radius 2 is 0.716 bits per heavy atom. The van der Waals surface area contributed by atoms with E-state index in [4.69, 9.17) is 57.5 Å². The molecule has 4 aromatic carbocycles. The van der Waals surface area contributed by atoms with Crippen LogP contribution >= 0.6 is 0 Å². The van der Waals surface area contributed by atoms with Gasteiger partial charge in [-0.2, -0.15) is 0 Å². The fourth-order valence-electron chi connectivity index (χ4n) is 8.56. The number of benzene rings is 4. The molecule has 31 nitrogen and oxygen atoms in total. The van der Waals surface area contributed by atoms with Gasteiger partial charge in [0.15, 0.2) is 17.9 Å². The van der Waals surface area contributed by atoms with Crippen molar-refractivity contribution >= 4 is 93.9 Å². The highest BCUT2D eigenvalue weighted by Gasteiger charge is 2.29. The summed E-state index contributed by atoms with van der Waals surface area (Å²) in [4.78, 5) is 121. The standard InChI is InChI=1S/C57H77N17O14/c1-31(75)68-32-14-18-44(86-3)37(27-32)49(79)74-42(13-10-25-67-57(62)63)54(84)71-35-17-21-46(88-5)39(30-35)51(81)73-41(12-7-9-24-66-56(60)61)53(83)70-34-16-20-45(87-4)38(29-34)50(80)72-40(11-6-8-23-65-55(58)59)52(82)69-33-15-19-43(85-2)36(28-33)48(78)64-26-22-47(76)77/h14-21,27-30,40-42H,6-13,22-26H2,1-5H3,(H,64,78)(H,68,75)(H,69,82)(H,70,83)(H,71,84)(H,72,80)(H,73,81)(H,74,79)(H,76,77)(H4,58,59,65)(H4,60,61,66)(H4,62,63,67)/t40-,41-,42-/m0/s1. The van der Waals surface area contributed by atoms with Crippen molar-refractivity contribution in [2.45, 2.75) is 82.8 Å². The summed E-state index contributed by atoms with van der Waals surface area (Å²) in [6.07, 6.45) is 1.51. The summed E-state index contributed by atoms with van der Waals surface area (Å²) in [7, 11) is 5.28. The van der Waals surface area contributed by atoms with Crippen molar-refractivity contribution < 1.29 is 67.2 Å². The summed E-state index contributed by atoms with van der Waals surface area (Å²) >= 11 is 0. The molecule has 0 fully saturated rings. The number of nitrogens with two attached hydrogens (primary N) is 3. The van der Waals surface area contributed by atoms with Crippen molar-refractivity contribution in [3.05, 3.63) is 95.1 Å². The summed E-state index contributed by atoms with van der Waals surface area (Å²) in [6, 6.07) is 13.2. The highest BCUT2D eigenvalue weighted by molar-refractivity contribution is 6.07. The Labute approximate surface area is 506 Å². The van der Waals surface area contributed by atoms with Gasteiger partial charge < -0.3 is 99.7 Å². The van der Waals surface area contributed by atoms with Gasteiger partial charge in [-0.1, -0.05) is 0 Å². The fraction of sp³-hybridized carbons (Fsp3) is 0.368. The molecule has 0 aliphatic carbocycles. The molecule has 0 bridgehead atoms. The first-order valence-corrected chi connectivity index (χ1v) is 27.6. The SMILES string of the molecule is COc1ccc(NC(=O)[C@H](CCCCNC(=N)N)NC(=O)c2cc(NC(=O)[C@H](CCCCNC(=N)N)NC(=O)c3cc(NC(=O)[C@H](CCCNC(=N)N)NC(=O)c4cc(NC(C)=O)ccc4OC)ccc3OC)ccc2OC)cc1C(=O)NCCC(=O)O. The molecule has 31 heteroatoms. The van der Waals surface area contributed by atoms with Gasteiger partial charge in [0.2, 0.25) is 23.6 Å². The van der Waals surface area contributed by atoms with Gasteiger partial charge in [0.05, 0.1) is 57.1 Å². The predicted octanol–water partition coefficient (Wildman–Crippen LogP) is 1.67. The van der Waals surface area contributed by atoms with Gasteiger partial charge in [0.25, 0.3) is 23.6 Å². The van der Waals surface area contributed by atoms with Gasteiger partial charge in [-0.05, 0) is 124 Å². The van der Waals surface area contributed by atoms with Crippen LogP contribution in [0.5, 0.6) is 23.0 Å². The normalized spacial score (nSPS) is 11.5. The number of guanidine groups is 3. The molecular weight excluding hydrogens is 1150 g/mol. The van der Waals surface area contributed by atoms with Crippen molar-refractivity contribution in [3.8, 4) is 23.0 Å². The number of hydrogen-bond acceptors (Lipinski definition) is 16. The van der Waals surface area contributed by atoms with E-state index in [9.17, 15) is 43.2 Å². The second-order valence-corrected chi connectivity index (χ2v) is 19.4. The summed E-state index contributed by atoms with van der Waals surface area (Å²) in [5.41, 5.74) is 16.7. The third-order valence-corrected chi connectivity index (χ3v) is 12.8. The van der Waals surface area contributed by atoms with Crippen LogP contribution in [0.1, 0.15) is 106 Å². The Balaban J connectivity index is 1.62. The Hall–Kier alpha value is -10.9. The molecule has 4 aromatic rings. The Morgan fingerprint density at radius 3 is 1.01 bits per heavy atom. The number of rotatable bonds is 35. The number of carboxylic acids is 1. The van der Waals surface area contributed by atoms with Gasteiger partial charge in [-0.15, -0.1) is 0 Å². The molecule has 0 aliphatic rings. The van der Waals surface area contributed by atoms with Crippen molar-refractivity contribution in [2.75, 3.05) is 75.9 Å². The van der Waals surface area contributed by atoms with Gasteiger partial charge >= 0.3 is 5.97 Å². The number of aliphatic carboxylic acids is 1. The van der Waals surface area contributed by atoms with Crippen LogP contribution in [0, 0.1) is 16.2 Å². The maximum atomic E-state index is 14.4. The second kappa shape index (κ2) is 35.4. The molecule has 21 N–H and O–H groups in total. The van der Waals surface area contributed by atoms with Gasteiger partial charge in [-0.3, -0.25) is 59.4 Å². The zero-order valence-electron chi connectivity index (χ0n) is 49.3. The lowest BCUT2D eigenvalue weighted by Crippen LogP contribution is -2.45. The first-order chi connectivity index (χ1) is 42.0. The number of nitrogens with one attached hydrogen (secondary N) is 14. The van der Waals surface area contributed by atoms with Crippen molar-refractivity contribution in [1.29, 1.82) is 16.2 Å². The molecule has 0 radical (unpaired) electrons. The van der Waals surface area contributed by atoms with Crippen LogP contribution in [0.25, 0.3) is 0 Å². The minimum atomic E-state index is -1.28. The number of methoxy groups -OCH3 is 4. The molecule has 0 aliphatic heterocycles. The van der Waals surface area contributed by atoms with E-state index in [-0.39, 0.29) is 144 Å². The van der Waals surface area contributed by atoms with E-state index in [1.807, 2.05) is 0 Å². The number of unbranched alkanes of at least 4 members (excludes halogenated alkanes) is 2. The number of carbonyl (C=O) groups is 9. The van der Waals surface area contributed by atoms with Crippen LogP contribution < -0.4 is 94.6 Å². The van der Waals surface area contributed by atoms with Crippen LogP contribution in [0.4, 0.5) is 22.7 Å².